The highest BCUT2D eigenvalue weighted by Crippen LogP contribution is 2.14. The van der Waals surface area contributed by atoms with Crippen LogP contribution >= 0.6 is 0 Å². The molecule has 0 bridgehead atoms. The van der Waals surface area contributed by atoms with Crippen molar-refractivity contribution in [1.82, 2.24) is 29.3 Å². The molecule has 1 fully saturated rings. The number of carbonyl (C=O) groups is 1. The van der Waals surface area contributed by atoms with Crippen LogP contribution in [0.4, 0.5) is 5.82 Å². The summed E-state index contributed by atoms with van der Waals surface area (Å²) in [5, 5.41) is 3.06. The van der Waals surface area contributed by atoms with Crippen molar-refractivity contribution in [2.45, 2.75) is 13.0 Å². The highest BCUT2D eigenvalue weighted by molar-refractivity contribution is 5.96. The molecule has 1 N–H and O–H groups in total. The minimum atomic E-state index is -0.482. The topological polar surface area (TPSA) is 105 Å². The minimum absolute atomic E-state index is 0.219. The summed E-state index contributed by atoms with van der Waals surface area (Å²) in [7, 11) is 5.07. The van der Waals surface area contributed by atoms with Crippen molar-refractivity contribution in [2.75, 3.05) is 38.1 Å². The Kier molecular flexibility index (Phi) is 6.04. The van der Waals surface area contributed by atoms with Gasteiger partial charge in [0, 0.05) is 52.7 Å². The zero-order valence-electron chi connectivity index (χ0n) is 18.5. The second-order valence-electron chi connectivity index (χ2n) is 8.15. The number of anilines is 1. The Morgan fingerprint density at radius 1 is 1.00 bits per heavy atom. The number of fused-ring (bicyclic) bond motifs is 1. The van der Waals surface area contributed by atoms with Crippen LogP contribution in [0.2, 0.25) is 0 Å². The second-order valence-corrected chi connectivity index (χ2v) is 8.15. The molecule has 168 valence electrons. The summed E-state index contributed by atoms with van der Waals surface area (Å²) in [5.74, 6) is 0.588. The van der Waals surface area contributed by atoms with Crippen molar-refractivity contribution >= 4 is 22.8 Å². The molecule has 1 saturated heterocycles. The molecule has 0 aromatic carbocycles. The first kappa shape index (κ1) is 21.7. The number of aryl methyl sites for hydroxylation is 1. The number of rotatable bonds is 4. The number of aromatic nitrogens is 4. The van der Waals surface area contributed by atoms with Crippen LogP contribution < -0.4 is 21.5 Å². The molecule has 10 nitrogen and oxygen atoms in total. The van der Waals surface area contributed by atoms with Crippen molar-refractivity contribution in [3.8, 4) is 0 Å². The first-order valence-electron chi connectivity index (χ1n) is 10.6. The highest BCUT2D eigenvalue weighted by Gasteiger charge is 2.15. The second kappa shape index (κ2) is 8.91. The molecule has 1 amide bonds. The van der Waals surface area contributed by atoms with Gasteiger partial charge >= 0.3 is 5.69 Å². The van der Waals surface area contributed by atoms with Crippen molar-refractivity contribution in [1.29, 1.82) is 0 Å². The predicted octanol–water partition coefficient (Wildman–Crippen LogP) is 0.0991. The van der Waals surface area contributed by atoms with E-state index in [2.05, 4.69) is 32.1 Å². The van der Waals surface area contributed by atoms with Gasteiger partial charge in [0.05, 0.1) is 10.9 Å². The molecule has 3 aromatic heterocycles. The van der Waals surface area contributed by atoms with Gasteiger partial charge in [0.1, 0.15) is 11.5 Å². The van der Waals surface area contributed by atoms with E-state index >= 15 is 0 Å². The van der Waals surface area contributed by atoms with Crippen LogP contribution in [0.15, 0.2) is 40.2 Å². The molecular formula is C22H27N7O3. The molecule has 0 aliphatic carbocycles. The number of pyridine rings is 2. The molecule has 3 aromatic rings. The molecule has 0 unspecified atom stereocenters. The summed E-state index contributed by atoms with van der Waals surface area (Å²) < 4.78 is 2.29. The van der Waals surface area contributed by atoms with Crippen LogP contribution in [0.25, 0.3) is 11.0 Å². The van der Waals surface area contributed by atoms with E-state index in [-0.39, 0.29) is 22.5 Å². The normalized spacial score (nSPS) is 15.0. The van der Waals surface area contributed by atoms with E-state index in [1.807, 2.05) is 12.1 Å². The van der Waals surface area contributed by atoms with Crippen LogP contribution in [0.3, 0.4) is 0 Å². The Morgan fingerprint density at radius 3 is 2.56 bits per heavy atom. The predicted molar refractivity (Wildman–Crippen MR) is 122 cm³/mol. The monoisotopic (exact) mass is 437 g/mol. The third-order valence-corrected chi connectivity index (χ3v) is 5.86. The number of nitrogens with one attached hydrogen (secondary N) is 1. The molecule has 10 heteroatoms. The fourth-order valence-corrected chi connectivity index (χ4v) is 3.86. The zero-order valence-corrected chi connectivity index (χ0v) is 18.5. The molecular weight excluding hydrogens is 410 g/mol. The van der Waals surface area contributed by atoms with Gasteiger partial charge in [-0.05, 0) is 37.7 Å². The van der Waals surface area contributed by atoms with E-state index in [0.717, 1.165) is 48.5 Å². The largest absolute Gasteiger partial charge is 0.355 e. The van der Waals surface area contributed by atoms with Gasteiger partial charge < -0.3 is 15.1 Å². The van der Waals surface area contributed by atoms with Crippen LogP contribution in [0.5, 0.6) is 0 Å². The molecule has 4 heterocycles. The summed E-state index contributed by atoms with van der Waals surface area (Å²) in [6.07, 6.45) is 4.25. The van der Waals surface area contributed by atoms with Crippen LogP contribution in [-0.4, -0.2) is 63.1 Å². The number of hydrogen-bond acceptors (Lipinski definition) is 7. The van der Waals surface area contributed by atoms with Gasteiger partial charge in [-0.2, -0.15) is 0 Å². The molecule has 1 aliphatic heterocycles. The number of amides is 1. The average Bonchev–Trinajstić information content (AvgIpc) is 3.04. The fraction of sp³-hybridized carbons (Fsp3) is 0.409. The molecule has 0 saturated carbocycles. The zero-order chi connectivity index (χ0) is 22.8. The molecule has 32 heavy (non-hydrogen) atoms. The lowest BCUT2D eigenvalue weighted by atomic mass is 10.2. The Hall–Kier alpha value is -3.53. The van der Waals surface area contributed by atoms with Gasteiger partial charge in [0.2, 0.25) is 0 Å². The molecule has 0 spiro atoms. The average molecular weight is 438 g/mol. The first-order valence-corrected chi connectivity index (χ1v) is 10.6. The number of hydrogen-bond donors (Lipinski definition) is 1. The van der Waals surface area contributed by atoms with E-state index < -0.39 is 11.2 Å². The first-order chi connectivity index (χ1) is 15.3. The van der Waals surface area contributed by atoms with Gasteiger partial charge in [0.15, 0.2) is 0 Å². The van der Waals surface area contributed by atoms with E-state index in [1.54, 1.807) is 6.20 Å². The van der Waals surface area contributed by atoms with Gasteiger partial charge in [-0.15, -0.1) is 0 Å². The Bertz CT molecular complexity index is 1260. The summed E-state index contributed by atoms with van der Waals surface area (Å²) in [4.78, 5) is 50.4. The maximum atomic E-state index is 12.6. The Labute approximate surface area is 185 Å². The van der Waals surface area contributed by atoms with Gasteiger partial charge in [-0.25, -0.2) is 14.8 Å². The number of likely N-dealkylation sites (N-methyl/N-ethyl adjacent to an activating group) is 1. The van der Waals surface area contributed by atoms with Crippen molar-refractivity contribution < 1.29 is 4.79 Å². The summed E-state index contributed by atoms with van der Waals surface area (Å²) in [6.45, 7) is 4.33. The van der Waals surface area contributed by atoms with Crippen molar-refractivity contribution in [3.63, 3.8) is 0 Å². The van der Waals surface area contributed by atoms with Crippen molar-refractivity contribution in [2.24, 2.45) is 14.1 Å². The van der Waals surface area contributed by atoms with E-state index in [9.17, 15) is 14.4 Å². The maximum absolute atomic E-state index is 12.6. The maximum Gasteiger partial charge on any atom is 0.332 e. The van der Waals surface area contributed by atoms with Crippen molar-refractivity contribution in [3.05, 3.63) is 62.6 Å². The lowest BCUT2D eigenvalue weighted by Crippen LogP contribution is -2.37. The smallest absolute Gasteiger partial charge is 0.332 e. The van der Waals surface area contributed by atoms with Gasteiger partial charge in [-0.1, -0.05) is 6.07 Å². The van der Waals surface area contributed by atoms with Crippen LogP contribution in [-0.2, 0) is 20.6 Å². The van der Waals surface area contributed by atoms with E-state index in [1.165, 1.54) is 30.9 Å². The van der Waals surface area contributed by atoms with Crippen LogP contribution in [0, 0.1) is 0 Å². The Balaban J connectivity index is 1.45. The lowest BCUT2D eigenvalue weighted by molar-refractivity contribution is 0.0950. The highest BCUT2D eigenvalue weighted by atomic mass is 16.2. The third-order valence-electron chi connectivity index (χ3n) is 5.86. The Morgan fingerprint density at radius 2 is 1.81 bits per heavy atom. The molecule has 0 radical (unpaired) electrons. The molecule has 1 aliphatic rings. The summed E-state index contributed by atoms with van der Waals surface area (Å²) in [6, 6.07) is 5.41. The van der Waals surface area contributed by atoms with E-state index in [4.69, 9.17) is 0 Å². The fourth-order valence-electron chi connectivity index (χ4n) is 3.86. The summed E-state index contributed by atoms with van der Waals surface area (Å²) >= 11 is 0. The minimum Gasteiger partial charge on any atom is -0.355 e. The SMILES string of the molecule is CN1CCCN(c2ccc(CNC(=O)c3cnc4c(c3)c(=O)n(C)c(=O)n4C)cn2)CC1. The van der Waals surface area contributed by atoms with Crippen LogP contribution in [0.1, 0.15) is 22.3 Å². The lowest BCUT2D eigenvalue weighted by Gasteiger charge is -2.21. The number of carbonyl (C=O) groups excluding carboxylic acids is 1. The van der Waals surface area contributed by atoms with Gasteiger partial charge in [0.25, 0.3) is 11.5 Å². The quantitative estimate of drug-likeness (QED) is 0.617. The number of nitrogens with zero attached hydrogens (tertiary/aromatic N) is 6. The molecule has 0 atom stereocenters. The third kappa shape index (κ3) is 4.26. The summed E-state index contributed by atoms with van der Waals surface area (Å²) in [5.41, 5.74) is 0.432. The molecule has 4 rings (SSSR count). The van der Waals surface area contributed by atoms with E-state index in [0.29, 0.717) is 6.54 Å². The van der Waals surface area contributed by atoms with Gasteiger partial charge in [-0.3, -0.25) is 18.7 Å². The standard InChI is InChI=1S/C22H27N7O3/c1-26-7-4-8-29(10-9-26)18-6-5-15(12-23-18)13-25-20(30)16-11-17-19(24-14-16)27(2)22(32)28(3)21(17)31/h5-6,11-12,14H,4,7-10,13H2,1-3H3,(H,25,30).